The first-order valence-corrected chi connectivity index (χ1v) is 11.3. The van der Waals surface area contributed by atoms with E-state index in [1.807, 2.05) is 31.2 Å². The molecule has 28 heavy (non-hydrogen) atoms. The van der Waals surface area contributed by atoms with Crippen LogP contribution in [0.2, 0.25) is 0 Å². The van der Waals surface area contributed by atoms with E-state index in [4.69, 9.17) is 4.74 Å². The number of nitrogens with zero attached hydrogens (tertiary/aromatic N) is 2. The second-order valence-corrected chi connectivity index (χ2v) is 8.22. The van der Waals surface area contributed by atoms with E-state index in [9.17, 15) is 0 Å². The Morgan fingerprint density at radius 2 is 1.54 bits per heavy atom. The predicted molar refractivity (Wildman–Crippen MR) is 117 cm³/mol. The van der Waals surface area contributed by atoms with E-state index in [-0.39, 0.29) is 0 Å². The second-order valence-electron chi connectivity index (χ2n) is 8.22. The van der Waals surface area contributed by atoms with Crippen molar-refractivity contribution in [2.24, 2.45) is 5.92 Å². The number of ether oxygens (including phenoxy) is 1. The van der Waals surface area contributed by atoms with E-state index in [1.165, 1.54) is 69.8 Å². The minimum Gasteiger partial charge on any atom is -0.494 e. The number of hydrogen-bond acceptors (Lipinski definition) is 3. The van der Waals surface area contributed by atoms with Gasteiger partial charge in [-0.3, -0.25) is 0 Å². The fourth-order valence-corrected chi connectivity index (χ4v) is 4.39. The van der Waals surface area contributed by atoms with Gasteiger partial charge in [0.15, 0.2) is 5.82 Å². The van der Waals surface area contributed by atoms with Crippen LogP contribution in [0.5, 0.6) is 5.75 Å². The lowest BCUT2D eigenvalue weighted by atomic mass is 9.77. The van der Waals surface area contributed by atoms with E-state index < -0.39 is 0 Å². The maximum absolute atomic E-state index is 5.50. The van der Waals surface area contributed by atoms with Gasteiger partial charge in [0.2, 0.25) is 0 Å². The van der Waals surface area contributed by atoms with E-state index in [0.29, 0.717) is 12.5 Å². The molecule has 0 unspecified atom stereocenters. The average Bonchev–Trinajstić information content (AvgIpc) is 2.75. The summed E-state index contributed by atoms with van der Waals surface area (Å²) in [6.07, 6.45) is 17.9. The molecule has 0 atom stereocenters. The van der Waals surface area contributed by atoms with Gasteiger partial charge >= 0.3 is 0 Å². The first-order valence-electron chi connectivity index (χ1n) is 11.3. The Bertz CT molecular complexity index is 673. The Hall–Kier alpha value is -1.90. The van der Waals surface area contributed by atoms with E-state index in [1.54, 1.807) is 0 Å². The maximum Gasteiger partial charge on any atom is 0.159 e. The van der Waals surface area contributed by atoms with Gasteiger partial charge < -0.3 is 4.74 Å². The number of hydrogen-bond donors (Lipinski definition) is 0. The molecular formula is C25H36N2O. The molecule has 1 aliphatic carbocycles. The third-order valence-corrected chi connectivity index (χ3v) is 6.13. The molecule has 0 saturated heterocycles. The zero-order chi connectivity index (χ0) is 19.6. The number of rotatable bonds is 10. The molecule has 3 rings (SSSR count). The summed E-state index contributed by atoms with van der Waals surface area (Å²) in [6, 6.07) is 8.04. The van der Waals surface area contributed by atoms with Crippen LogP contribution in [0.1, 0.15) is 89.5 Å². The lowest BCUT2D eigenvalue weighted by molar-refractivity contribution is 0.301. The van der Waals surface area contributed by atoms with Crippen LogP contribution >= 0.6 is 0 Å². The van der Waals surface area contributed by atoms with Crippen LogP contribution in [0.3, 0.4) is 0 Å². The molecular weight excluding hydrogens is 344 g/mol. The Morgan fingerprint density at radius 1 is 0.857 bits per heavy atom. The molecule has 0 aliphatic heterocycles. The average molecular weight is 381 g/mol. The fourth-order valence-electron chi connectivity index (χ4n) is 4.39. The van der Waals surface area contributed by atoms with Crippen LogP contribution in [0.25, 0.3) is 11.4 Å². The van der Waals surface area contributed by atoms with Crippen LogP contribution in [0.4, 0.5) is 0 Å². The Kier molecular flexibility index (Phi) is 8.32. The first-order chi connectivity index (χ1) is 13.8. The van der Waals surface area contributed by atoms with Gasteiger partial charge in [-0.25, -0.2) is 9.97 Å². The van der Waals surface area contributed by atoms with Gasteiger partial charge in [-0.1, -0.05) is 45.4 Å². The normalized spacial score (nSPS) is 19.5. The molecule has 1 heterocycles. The minimum absolute atomic E-state index is 0.644. The van der Waals surface area contributed by atoms with Crippen LogP contribution in [-0.2, 0) is 0 Å². The van der Waals surface area contributed by atoms with Crippen molar-refractivity contribution in [3.8, 4) is 17.1 Å². The number of benzene rings is 1. The number of aromatic nitrogens is 2. The summed E-state index contributed by atoms with van der Waals surface area (Å²) in [6.45, 7) is 4.97. The van der Waals surface area contributed by atoms with Crippen molar-refractivity contribution in [2.45, 2.75) is 84.0 Å². The third kappa shape index (κ3) is 6.05. The highest BCUT2D eigenvalue weighted by molar-refractivity contribution is 5.56. The molecule has 0 spiro atoms. The molecule has 0 amide bonds. The zero-order valence-corrected chi connectivity index (χ0v) is 17.7. The van der Waals surface area contributed by atoms with Crippen LogP contribution in [0, 0.1) is 5.92 Å². The highest BCUT2D eigenvalue weighted by Gasteiger charge is 2.22. The smallest absolute Gasteiger partial charge is 0.159 e. The fraction of sp³-hybridized carbons (Fsp3) is 0.600. The van der Waals surface area contributed by atoms with Crippen molar-refractivity contribution < 1.29 is 4.74 Å². The standard InChI is InChI=1S/C25H36N2O/c1-3-5-6-7-8-9-20-10-12-21(13-11-20)23-18-26-25(27-19-23)22-14-16-24(17-15-22)28-4-2/h14-21H,3-13H2,1-2H3/t20-,21-. The van der Waals surface area contributed by atoms with Gasteiger partial charge in [-0.05, 0) is 74.3 Å². The second kappa shape index (κ2) is 11.2. The van der Waals surface area contributed by atoms with Crippen molar-refractivity contribution in [3.05, 3.63) is 42.2 Å². The monoisotopic (exact) mass is 380 g/mol. The Labute approximate surface area is 171 Å². The summed E-state index contributed by atoms with van der Waals surface area (Å²) >= 11 is 0. The number of unbranched alkanes of at least 4 members (excludes halogenated alkanes) is 4. The summed E-state index contributed by atoms with van der Waals surface area (Å²) < 4.78 is 5.50. The SMILES string of the molecule is CCCCCCC[C@H]1CC[C@H](c2cnc(-c3ccc(OCC)cc3)nc2)CC1. The minimum atomic E-state index is 0.644. The molecule has 152 valence electrons. The van der Waals surface area contributed by atoms with E-state index in [0.717, 1.165) is 23.1 Å². The van der Waals surface area contributed by atoms with Crippen molar-refractivity contribution in [3.63, 3.8) is 0 Å². The molecule has 3 nitrogen and oxygen atoms in total. The topological polar surface area (TPSA) is 35.0 Å². The zero-order valence-electron chi connectivity index (χ0n) is 17.7. The summed E-state index contributed by atoms with van der Waals surface area (Å²) in [5.74, 6) is 3.28. The van der Waals surface area contributed by atoms with Crippen molar-refractivity contribution in [1.82, 2.24) is 9.97 Å². The van der Waals surface area contributed by atoms with Gasteiger partial charge in [0.1, 0.15) is 5.75 Å². The van der Waals surface area contributed by atoms with Crippen molar-refractivity contribution in [2.75, 3.05) is 6.61 Å². The maximum atomic E-state index is 5.50. The van der Waals surface area contributed by atoms with Crippen LogP contribution < -0.4 is 4.74 Å². The van der Waals surface area contributed by atoms with Gasteiger partial charge in [0.25, 0.3) is 0 Å². The highest BCUT2D eigenvalue weighted by Crippen LogP contribution is 2.37. The summed E-state index contributed by atoms with van der Waals surface area (Å²) in [5.41, 5.74) is 2.36. The third-order valence-electron chi connectivity index (χ3n) is 6.13. The molecule has 1 saturated carbocycles. The van der Waals surface area contributed by atoms with Crippen LogP contribution in [0.15, 0.2) is 36.7 Å². The summed E-state index contributed by atoms with van der Waals surface area (Å²) in [4.78, 5) is 9.29. The quantitative estimate of drug-likeness (QED) is 0.410. The molecule has 3 heteroatoms. The van der Waals surface area contributed by atoms with Gasteiger partial charge in [0.05, 0.1) is 6.61 Å². The lowest BCUT2D eigenvalue weighted by Gasteiger charge is -2.28. The van der Waals surface area contributed by atoms with Gasteiger partial charge in [-0.2, -0.15) is 0 Å². The summed E-state index contributed by atoms with van der Waals surface area (Å²) in [7, 11) is 0. The van der Waals surface area contributed by atoms with Gasteiger partial charge in [-0.15, -0.1) is 0 Å². The lowest BCUT2D eigenvalue weighted by Crippen LogP contribution is -2.14. The largest absolute Gasteiger partial charge is 0.494 e. The van der Waals surface area contributed by atoms with E-state index >= 15 is 0 Å². The van der Waals surface area contributed by atoms with Gasteiger partial charge in [0, 0.05) is 18.0 Å². The van der Waals surface area contributed by atoms with Crippen molar-refractivity contribution in [1.29, 1.82) is 0 Å². The molecule has 1 aliphatic rings. The molecule has 0 N–H and O–H groups in total. The Morgan fingerprint density at radius 3 is 2.18 bits per heavy atom. The Balaban J connectivity index is 1.46. The van der Waals surface area contributed by atoms with E-state index in [2.05, 4.69) is 29.3 Å². The predicted octanol–water partition coefficient (Wildman–Crippen LogP) is 7.18. The highest BCUT2D eigenvalue weighted by atomic mass is 16.5. The molecule has 0 radical (unpaired) electrons. The molecule has 1 aromatic heterocycles. The summed E-state index contributed by atoms with van der Waals surface area (Å²) in [5, 5.41) is 0. The molecule has 1 fully saturated rings. The molecule has 2 aromatic rings. The van der Waals surface area contributed by atoms with Crippen LogP contribution in [-0.4, -0.2) is 16.6 Å². The molecule has 0 bridgehead atoms. The molecule has 1 aromatic carbocycles. The first kappa shape index (κ1) is 20.8. The van der Waals surface area contributed by atoms with Crippen molar-refractivity contribution >= 4 is 0 Å².